The van der Waals surface area contributed by atoms with Gasteiger partial charge in [-0.2, -0.15) is 0 Å². The maximum absolute atomic E-state index is 10.2. The van der Waals surface area contributed by atoms with Crippen LogP contribution in [0.15, 0.2) is 0 Å². The van der Waals surface area contributed by atoms with Crippen LogP contribution in [0.5, 0.6) is 0 Å². The summed E-state index contributed by atoms with van der Waals surface area (Å²) in [5, 5.41) is 20.2. The normalized spacial score (nSPS) is 36.6. The number of hydrogen-bond donors (Lipinski definition) is 2. The predicted molar refractivity (Wildman–Crippen MR) is 62.6 cm³/mol. The van der Waals surface area contributed by atoms with Crippen molar-refractivity contribution < 1.29 is 10.2 Å². The first-order chi connectivity index (χ1) is 6.83. The minimum absolute atomic E-state index is 0.202. The molecule has 1 aliphatic rings. The number of hydrogen-bond acceptors (Lipinski definition) is 2. The fourth-order valence-corrected chi connectivity index (χ4v) is 2.47. The van der Waals surface area contributed by atoms with E-state index in [4.69, 9.17) is 0 Å². The zero-order valence-electron chi connectivity index (χ0n) is 10.5. The zero-order valence-corrected chi connectivity index (χ0v) is 10.5. The van der Waals surface area contributed by atoms with Crippen molar-refractivity contribution in [3.05, 3.63) is 0 Å². The summed E-state index contributed by atoms with van der Waals surface area (Å²) < 4.78 is 0. The van der Waals surface area contributed by atoms with E-state index in [9.17, 15) is 10.2 Å². The van der Waals surface area contributed by atoms with Crippen molar-refractivity contribution >= 4 is 0 Å². The highest BCUT2D eigenvalue weighted by Gasteiger charge is 2.34. The summed E-state index contributed by atoms with van der Waals surface area (Å²) >= 11 is 0. The van der Waals surface area contributed by atoms with Gasteiger partial charge in [-0.05, 0) is 50.4 Å². The van der Waals surface area contributed by atoms with Crippen molar-refractivity contribution in [2.75, 3.05) is 0 Å². The lowest BCUT2D eigenvalue weighted by atomic mass is 9.73. The molecule has 0 aliphatic heterocycles. The molecule has 1 saturated carbocycles. The minimum Gasteiger partial charge on any atom is -0.393 e. The van der Waals surface area contributed by atoms with Gasteiger partial charge < -0.3 is 10.2 Å². The Morgan fingerprint density at radius 2 is 1.93 bits per heavy atom. The van der Waals surface area contributed by atoms with Crippen molar-refractivity contribution in [2.45, 2.75) is 65.1 Å². The van der Waals surface area contributed by atoms with Crippen LogP contribution in [0.3, 0.4) is 0 Å². The van der Waals surface area contributed by atoms with E-state index < -0.39 is 5.60 Å². The van der Waals surface area contributed by atoms with Gasteiger partial charge in [0.2, 0.25) is 0 Å². The van der Waals surface area contributed by atoms with E-state index in [2.05, 4.69) is 6.92 Å². The van der Waals surface area contributed by atoms with Crippen LogP contribution in [0.1, 0.15) is 53.4 Å². The second kappa shape index (κ2) is 4.84. The summed E-state index contributed by atoms with van der Waals surface area (Å²) in [5.74, 6) is 1.23. The van der Waals surface area contributed by atoms with E-state index in [0.717, 1.165) is 25.7 Å². The van der Waals surface area contributed by atoms with Crippen LogP contribution in [0, 0.1) is 17.8 Å². The quantitative estimate of drug-likeness (QED) is 0.758. The third-order valence-electron chi connectivity index (χ3n) is 4.12. The third kappa shape index (κ3) is 3.46. The summed E-state index contributed by atoms with van der Waals surface area (Å²) in [6.07, 6.45) is 3.62. The number of aliphatic hydroxyl groups is 2. The van der Waals surface area contributed by atoms with Crippen molar-refractivity contribution in [2.24, 2.45) is 17.8 Å². The van der Waals surface area contributed by atoms with E-state index >= 15 is 0 Å². The largest absolute Gasteiger partial charge is 0.393 e. The van der Waals surface area contributed by atoms with Crippen LogP contribution in [0.2, 0.25) is 0 Å². The summed E-state index contributed by atoms with van der Waals surface area (Å²) in [6.45, 7) is 8.21. The molecule has 0 bridgehead atoms. The van der Waals surface area contributed by atoms with Crippen molar-refractivity contribution in [1.29, 1.82) is 0 Å². The Labute approximate surface area is 93.7 Å². The molecule has 1 aliphatic carbocycles. The summed E-state index contributed by atoms with van der Waals surface area (Å²) in [7, 11) is 0. The molecule has 90 valence electrons. The van der Waals surface area contributed by atoms with E-state index in [1.165, 1.54) is 0 Å². The van der Waals surface area contributed by atoms with E-state index in [1.54, 1.807) is 0 Å². The summed E-state index contributed by atoms with van der Waals surface area (Å²) in [4.78, 5) is 0. The van der Waals surface area contributed by atoms with E-state index in [-0.39, 0.29) is 17.9 Å². The molecule has 2 nitrogen and oxygen atoms in total. The molecule has 0 aromatic heterocycles. The molecule has 2 N–H and O–H groups in total. The molecule has 1 rings (SSSR count). The van der Waals surface area contributed by atoms with Gasteiger partial charge in [-0.15, -0.1) is 0 Å². The molecule has 0 saturated heterocycles. The summed E-state index contributed by atoms with van der Waals surface area (Å²) in [5.41, 5.74) is -0.636. The molecule has 1 fully saturated rings. The lowest BCUT2D eigenvalue weighted by Crippen LogP contribution is -2.39. The maximum Gasteiger partial charge on any atom is 0.0646 e. The van der Waals surface area contributed by atoms with Gasteiger partial charge in [0.1, 0.15) is 0 Å². The SMILES string of the molecule is CC1CCC(O)C(CC(C)(O)C(C)C)C1. The number of aliphatic hydroxyl groups excluding tert-OH is 1. The van der Waals surface area contributed by atoms with Crippen LogP contribution in [0.4, 0.5) is 0 Å². The molecule has 4 atom stereocenters. The molecule has 0 aromatic rings. The van der Waals surface area contributed by atoms with Gasteiger partial charge in [0.25, 0.3) is 0 Å². The molecular formula is C13H26O2. The Hall–Kier alpha value is -0.0800. The van der Waals surface area contributed by atoms with Crippen LogP contribution < -0.4 is 0 Å². The maximum atomic E-state index is 10.2. The first kappa shape index (κ1) is 13.0. The second-order valence-corrected chi connectivity index (χ2v) is 5.96. The molecule has 0 radical (unpaired) electrons. The lowest BCUT2D eigenvalue weighted by Gasteiger charge is -2.38. The van der Waals surface area contributed by atoms with E-state index in [1.807, 2.05) is 20.8 Å². The average molecular weight is 214 g/mol. The molecule has 2 heteroatoms. The minimum atomic E-state index is -0.636. The Kier molecular flexibility index (Phi) is 4.19. The predicted octanol–water partition coefficient (Wildman–Crippen LogP) is 2.58. The molecule has 0 aromatic carbocycles. The van der Waals surface area contributed by atoms with Gasteiger partial charge >= 0.3 is 0 Å². The fraction of sp³-hybridized carbons (Fsp3) is 1.00. The smallest absolute Gasteiger partial charge is 0.0646 e. The fourth-order valence-electron chi connectivity index (χ4n) is 2.47. The Bertz CT molecular complexity index is 199. The third-order valence-corrected chi connectivity index (χ3v) is 4.12. The van der Waals surface area contributed by atoms with Crippen molar-refractivity contribution in [3.8, 4) is 0 Å². The topological polar surface area (TPSA) is 40.5 Å². The Morgan fingerprint density at radius 3 is 2.47 bits per heavy atom. The standard InChI is InChI=1S/C13H26O2/c1-9(2)13(4,15)8-11-7-10(3)5-6-12(11)14/h9-12,14-15H,5-8H2,1-4H3. The monoisotopic (exact) mass is 214 g/mol. The molecule has 0 amide bonds. The molecule has 0 heterocycles. The highest BCUT2D eigenvalue weighted by Crippen LogP contribution is 2.36. The van der Waals surface area contributed by atoms with Crippen molar-refractivity contribution in [1.82, 2.24) is 0 Å². The molecular weight excluding hydrogens is 188 g/mol. The second-order valence-electron chi connectivity index (χ2n) is 5.96. The van der Waals surface area contributed by atoms with Gasteiger partial charge in [0, 0.05) is 0 Å². The molecule has 0 spiro atoms. The first-order valence-electron chi connectivity index (χ1n) is 6.23. The number of rotatable bonds is 3. The summed E-state index contributed by atoms with van der Waals surface area (Å²) in [6, 6.07) is 0. The van der Waals surface area contributed by atoms with Crippen LogP contribution >= 0.6 is 0 Å². The highest BCUT2D eigenvalue weighted by molar-refractivity contribution is 4.86. The van der Waals surface area contributed by atoms with Gasteiger partial charge in [0.15, 0.2) is 0 Å². The van der Waals surface area contributed by atoms with Crippen molar-refractivity contribution in [3.63, 3.8) is 0 Å². The van der Waals surface area contributed by atoms with Gasteiger partial charge in [-0.1, -0.05) is 20.8 Å². The highest BCUT2D eigenvalue weighted by atomic mass is 16.3. The van der Waals surface area contributed by atoms with E-state index in [0.29, 0.717) is 5.92 Å². The average Bonchev–Trinajstić information content (AvgIpc) is 2.10. The zero-order chi connectivity index (χ0) is 11.6. The Morgan fingerprint density at radius 1 is 1.33 bits per heavy atom. The Balaban J connectivity index is 2.55. The van der Waals surface area contributed by atoms with Gasteiger partial charge in [-0.3, -0.25) is 0 Å². The van der Waals surface area contributed by atoms with Gasteiger partial charge in [-0.25, -0.2) is 0 Å². The van der Waals surface area contributed by atoms with Gasteiger partial charge in [0.05, 0.1) is 11.7 Å². The van der Waals surface area contributed by atoms with Crippen LogP contribution in [0.25, 0.3) is 0 Å². The molecule has 4 unspecified atom stereocenters. The first-order valence-corrected chi connectivity index (χ1v) is 6.23. The van der Waals surface area contributed by atoms with Crippen LogP contribution in [-0.2, 0) is 0 Å². The lowest BCUT2D eigenvalue weighted by molar-refractivity contribution is -0.0470. The molecule has 15 heavy (non-hydrogen) atoms. The van der Waals surface area contributed by atoms with Crippen LogP contribution in [-0.4, -0.2) is 21.9 Å².